The molecule has 0 saturated carbocycles. The molecule has 0 aliphatic heterocycles. The van der Waals surface area contributed by atoms with Gasteiger partial charge in [-0.1, -0.05) is 22.9 Å². The van der Waals surface area contributed by atoms with Gasteiger partial charge < -0.3 is 10.1 Å². The zero-order valence-corrected chi connectivity index (χ0v) is 14.4. The first-order valence-electron chi connectivity index (χ1n) is 7.24. The molecule has 0 aliphatic carbocycles. The van der Waals surface area contributed by atoms with Crippen LogP contribution >= 0.6 is 15.9 Å². The van der Waals surface area contributed by atoms with Gasteiger partial charge >= 0.3 is 0 Å². The van der Waals surface area contributed by atoms with E-state index in [1.54, 1.807) is 4.68 Å². The summed E-state index contributed by atoms with van der Waals surface area (Å²) in [7, 11) is 1.91. The molecule has 5 heteroatoms. The number of benzene rings is 1. The highest BCUT2D eigenvalue weighted by atomic mass is 79.9. The van der Waals surface area contributed by atoms with E-state index in [1.807, 2.05) is 31.4 Å². The zero-order valence-electron chi connectivity index (χ0n) is 12.8. The number of hydrogen-bond acceptors (Lipinski definition) is 3. The maximum Gasteiger partial charge on any atom is 0.132 e. The molecule has 1 aromatic carbocycles. The molecule has 1 heterocycles. The minimum absolute atomic E-state index is 0.251. The third-order valence-corrected chi connectivity index (χ3v) is 3.78. The van der Waals surface area contributed by atoms with Gasteiger partial charge in [0.2, 0.25) is 0 Å². The standard InChI is InChI=1S/C16H22BrN3O/c1-4-8-18-12(2)15-10-13(17)5-6-16(15)21-11-14-7-9-20(3)19-14/h5-7,9-10,12,18H,4,8,11H2,1-3H3. The molecule has 0 radical (unpaired) electrons. The second-order valence-corrected chi connectivity index (χ2v) is 6.04. The number of hydrogen-bond donors (Lipinski definition) is 1. The van der Waals surface area contributed by atoms with Crippen LogP contribution in [0, 0.1) is 0 Å². The predicted octanol–water partition coefficient (Wildman–Crippen LogP) is 3.82. The van der Waals surface area contributed by atoms with Gasteiger partial charge in [-0.2, -0.15) is 5.10 Å². The monoisotopic (exact) mass is 351 g/mol. The largest absolute Gasteiger partial charge is 0.487 e. The number of ether oxygens (including phenoxy) is 1. The smallest absolute Gasteiger partial charge is 0.132 e. The summed E-state index contributed by atoms with van der Waals surface area (Å²) in [4.78, 5) is 0. The van der Waals surface area contributed by atoms with Gasteiger partial charge in [-0.3, -0.25) is 4.68 Å². The summed E-state index contributed by atoms with van der Waals surface area (Å²) in [5.41, 5.74) is 2.09. The van der Waals surface area contributed by atoms with E-state index in [-0.39, 0.29) is 6.04 Å². The van der Waals surface area contributed by atoms with Crippen molar-refractivity contribution in [3.8, 4) is 5.75 Å². The zero-order chi connectivity index (χ0) is 15.2. The summed E-state index contributed by atoms with van der Waals surface area (Å²) in [6.07, 6.45) is 3.04. The van der Waals surface area contributed by atoms with E-state index in [4.69, 9.17) is 4.74 Å². The normalized spacial score (nSPS) is 12.4. The molecule has 2 aromatic rings. The van der Waals surface area contributed by atoms with Gasteiger partial charge in [-0.15, -0.1) is 0 Å². The molecule has 0 bridgehead atoms. The molecular weight excluding hydrogens is 330 g/mol. The molecule has 1 aromatic heterocycles. The average molecular weight is 352 g/mol. The number of nitrogens with zero attached hydrogens (tertiary/aromatic N) is 2. The Kier molecular flexibility index (Phi) is 5.82. The highest BCUT2D eigenvalue weighted by Gasteiger charge is 2.12. The molecule has 0 fully saturated rings. The highest BCUT2D eigenvalue weighted by Crippen LogP contribution is 2.29. The van der Waals surface area contributed by atoms with Crippen LogP contribution in [0.15, 0.2) is 34.9 Å². The predicted molar refractivity (Wildman–Crippen MR) is 88.4 cm³/mol. The van der Waals surface area contributed by atoms with Crippen LogP contribution in [0.3, 0.4) is 0 Å². The maximum atomic E-state index is 5.96. The highest BCUT2D eigenvalue weighted by molar-refractivity contribution is 9.10. The Bertz CT molecular complexity index is 583. The summed E-state index contributed by atoms with van der Waals surface area (Å²) in [5.74, 6) is 0.903. The van der Waals surface area contributed by atoms with Crippen LogP contribution in [0.4, 0.5) is 0 Å². The van der Waals surface area contributed by atoms with Crippen LogP contribution < -0.4 is 10.1 Å². The van der Waals surface area contributed by atoms with Crippen LogP contribution in [-0.4, -0.2) is 16.3 Å². The molecule has 0 spiro atoms. The minimum Gasteiger partial charge on any atom is -0.487 e. The van der Waals surface area contributed by atoms with Crippen LogP contribution in [-0.2, 0) is 13.7 Å². The topological polar surface area (TPSA) is 39.1 Å². The van der Waals surface area contributed by atoms with Crippen molar-refractivity contribution in [2.75, 3.05) is 6.54 Å². The van der Waals surface area contributed by atoms with E-state index in [0.717, 1.165) is 34.4 Å². The molecule has 0 aliphatic rings. The van der Waals surface area contributed by atoms with Crippen molar-refractivity contribution in [2.45, 2.75) is 32.9 Å². The van der Waals surface area contributed by atoms with Crippen molar-refractivity contribution in [3.05, 3.63) is 46.2 Å². The van der Waals surface area contributed by atoms with Gasteiger partial charge in [-0.25, -0.2) is 0 Å². The van der Waals surface area contributed by atoms with Gasteiger partial charge in [-0.05, 0) is 44.2 Å². The lowest BCUT2D eigenvalue weighted by atomic mass is 10.1. The Hall–Kier alpha value is -1.33. The molecule has 1 unspecified atom stereocenters. The molecule has 21 heavy (non-hydrogen) atoms. The average Bonchev–Trinajstić information content (AvgIpc) is 2.89. The first kappa shape index (κ1) is 16.0. The van der Waals surface area contributed by atoms with Gasteiger partial charge in [0.15, 0.2) is 0 Å². The maximum absolute atomic E-state index is 5.96. The Morgan fingerprint density at radius 3 is 2.86 bits per heavy atom. The van der Waals surface area contributed by atoms with E-state index >= 15 is 0 Å². The lowest BCUT2D eigenvalue weighted by molar-refractivity contribution is 0.294. The summed E-state index contributed by atoms with van der Waals surface area (Å²) < 4.78 is 8.80. The number of nitrogens with one attached hydrogen (secondary N) is 1. The van der Waals surface area contributed by atoms with Crippen LogP contribution in [0.1, 0.15) is 37.6 Å². The molecule has 4 nitrogen and oxygen atoms in total. The van der Waals surface area contributed by atoms with E-state index < -0.39 is 0 Å². The third kappa shape index (κ3) is 4.58. The molecule has 1 N–H and O–H groups in total. The Morgan fingerprint density at radius 2 is 2.19 bits per heavy atom. The molecule has 1 atom stereocenters. The van der Waals surface area contributed by atoms with E-state index in [2.05, 4.69) is 46.3 Å². The first-order valence-corrected chi connectivity index (χ1v) is 8.03. The van der Waals surface area contributed by atoms with E-state index in [1.165, 1.54) is 0 Å². The van der Waals surface area contributed by atoms with Gasteiger partial charge in [0, 0.05) is 29.3 Å². The quantitative estimate of drug-likeness (QED) is 0.823. The second-order valence-electron chi connectivity index (χ2n) is 5.13. The van der Waals surface area contributed by atoms with Crippen molar-refractivity contribution >= 4 is 15.9 Å². The molecule has 2 rings (SSSR count). The Balaban J connectivity index is 2.10. The van der Waals surface area contributed by atoms with Gasteiger partial charge in [0.25, 0.3) is 0 Å². The summed E-state index contributed by atoms with van der Waals surface area (Å²) >= 11 is 3.53. The van der Waals surface area contributed by atoms with Gasteiger partial charge in [0.05, 0.1) is 5.69 Å². The molecular formula is C16H22BrN3O. The third-order valence-electron chi connectivity index (χ3n) is 3.28. The molecule has 0 saturated heterocycles. The van der Waals surface area contributed by atoms with Crippen molar-refractivity contribution in [2.24, 2.45) is 7.05 Å². The minimum atomic E-state index is 0.251. The Labute approximate surface area is 134 Å². The first-order chi connectivity index (χ1) is 10.1. The summed E-state index contributed by atoms with van der Waals surface area (Å²) in [6.45, 7) is 5.80. The van der Waals surface area contributed by atoms with Crippen molar-refractivity contribution in [1.82, 2.24) is 15.1 Å². The number of rotatable bonds is 7. The summed E-state index contributed by atoms with van der Waals surface area (Å²) in [5, 5.41) is 7.83. The fourth-order valence-electron chi connectivity index (χ4n) is 2.15. The molecule has 114 valence electrons. The lowest BCUT2D eigenvalue weighted by Crippen LogP contribution is -2.20. The van der Waals surface area contributed by atoms with Crippen LogP contribution in [0.2, 0.25) is 0 Å². The SMILES string of the molecule is CCCNC(C)c1cc(Br)ccc1OCc1ccn(C)n1. The number of halogens is 1. The lowest BCUT2D eigenvalue weighted by Gasteiger charge is -2.18. The Morgan fingerprint density at radius 1 is 1.38 bits per heavy atom. The number of aryl methyl sites for hydroxylation is 1. The van der Waals surface area contributed by atoms with E-state index in [9.17, 15) is 0 Å². The second kappa shape index (κ2) is 7.61. The fourth-order valence-corrected chi connectivity index (χ4v) is 2.53. The van der Waals surface area contributed by atoms with Crippen LogP contribution in [0.25, 0.3) is 0 Å². The summed E-state index contributed by atoms with van der Waals surface area (Å²) in [6, 6.07) is 8.34. The van der Waals surface area contributed by atoms with Gasteiger partial charge in [0.1, 0.15) is 12.4 Å². The molecule has 0 amide bonds. The number of aromatic nitrogens is 2. The van der Waals surface area contributed by atoms with Crippen LogP contribution in [0.5, 0.6) is 5.75 Å². The van der Waals surface area contributed by atoms with Crippen molar-refractivity contribution < 1.29 is 4.74 Å². The van der Waals surface area contributed by atoms with Crippen molar-refractivity contribution in [1.29, 1.82) is 0 Å². The fraction of sp³-hybridized carbons (Fsp3) is 0.438. The van der Waals surface area contributed by atoms with E-state index in [0.29, 0.717) is 6.61 Å². The van der Waals surface area contributed by atoms with Crippen molar-refractivity contribution in [3.63, 3.8) is 0 Å².